The summed E-state index contributed by atoms with van der Waals surface area (Å²) in [5, 5.41) is 9.97. The van der Waals surface area contributed by atoms with Crippen LogP contribution < -0.4 is 5.32 Å². The van der Waals surface area contributed by atoms with E-state index in [2.05, 4.69) is 5.32 Å². The molecule has 5 heteroatoms. The van der Waals surface area contributed by atoms with Crippen LogP contribution in [0.4, 0.5) is 0 Å². The molecule has 0 spiro atoms. The van der Waals surface area contributed by atoms with Gasteiger partial charge in [0.05, 0.1) is 19.9 Å². The second kappa shape index (κ2) is 9.68. The van der Waals surface area contributed by atoms with Crippen LogP contribution in [0.25, 0.3) is 0 Å². The van der Waals surface area contributed by atoms with Gasteiger partial charge in [0.25, 0.3) is 0 Å². The molecular formula is C6H15ClN2O2. The van der Waals surface area contributed by atoms with E-state index < -0.39 is 0 Å². The maximum Gasteiger partial charge on any atom is 0.194 e. The molecule has 2 N–H and O–H groups in total. The van der Waals surface area contributed by atoms with Crippen molar-refractivity contribution in [2.24, 2.45) is 0 Å². The lowest BCUT2D eigenvalue weighted by Crippen LogP contribution is -2.25. The molecule has 0 saturated heterocycles. The van der Waals surface area contributed by atoms with Crippen molar-refractivity contribution in [3.05, 3.63) is 0 Å². The largest absolute Gasteiger partial charge is 0.481 e. The van der Waals surface area contributed by atoms with Crippen LogP contribution in [-0.2, 0) is 9.47 Å². The Morgan fingerprint density at radius 2 is 2.18 bits per heavy atom. The average molecular weight is 183 g/mol. The van der Waals surface area contributed by atoms with Gasteiger partial charge in [-0.2, -0.15) is 0 Å². The highest BCUT2D eigenvalue weighted by Gasteiger charge is 1.92. The van der Waals surface area contributed by atoms with Crippen LogP contribution in [-0.4, -0.2) is 32.9 Å². The Hall–Kier alpha value is -0.320. The third kappa shape index (κ3) is 9.68. The Morgan fingerprint density at radius 1 is 1.55 bits per heavy atom. The number of hydrogen-bond acceptors (Lipinski definition) is 4. The van der Waals surface area contributed by atoms with Crippen LogP contribution in [0.5, 0.6) is 0 Å². The third-order valence-corrected chi connectivity index (χ3v) is 0.851. The molecule has 0 saturated carbocycles. The molecule has 0 aromatic carbocycles. The van der Waals surface area contributed by atoms with Crippen LogP contribution in [0.1, 0.15) is 6.92 Å². The van der Waals surface area contributed by atoms with Crippen LogP contribution >= 0.6 is 12.4 Å². The van der Waals surface area contributed by atoms with Crippen molar-refractivity contribution in [3.63, 3.8) is 0 Å². The van der Waals surface area contributed by atoms with Crippen molar-refractivity contribution < 1.29 is 9.47 Å². The van der Waals surface area contributed by atoms with Gasteiger partial charge in [0.15, 0.2) is 5.90 Å². The molecule has 0 fully saturated rings. The molecule has 0 rings (SSSR count). The molecule has 0 aromatic heterocycles. The molecular weight excluding hydrogens is 168 g/mol. The fourth-order valence-corrected chi connectivity index (χ4v) is 0.492. The van der Waals surface area contributed by atoms with Crippen LogP contribution in [0.3, 0.4) is 0 Å². The zero-order valence-electron chi connectivity index (χ0n) is 6.85. The predicted octanol–water partition coefficient (Wildman–Crippen LogP) is 0.615. The van der Waals surface area contributed by atoms with E-state index in [0.29, 0.717) is 19.9 Å². The molecule has 0 heterocycles. The average Bonchev–Trinajstić information content (AvgIpc) is 1.89. The summed E-state index contributed by atoms with van der Waals surface area (Å²) in [5.74, 6) is 0.250. The number of methoxy groups -OCH3 is 1. The fraction of sp³-hybridized carbons (Fsp3) is 0.833. The van der Waals surface area contributed by atoms with Crippen molar-refractivity contribution in [1.82, 2.24) is 5.32 Å². The van der Waals surface area contributed by atoms with Crippen molar-refractivity contribution in [2.45, 2.75) is 6.92 Å². The van der Waals surface area contributed by atoms with Crippen molar-refractivity contribution >= 4 is 18.3 Å². The van der Waals surface area contributed by atoms with Gasteiger partial charge in [-0.05, 0) is 6.92 Å². The van der Waals surface area contributed by atoms with Gasteiger partial charge in [-0.3, -0.25) is 10.7 Å². The van der Waals surface area contributed by atoms with E-state index in [0.717, 1.165) is 0 Å². The number of rotatable bonds is 5. The van der Waals surface area contributed by atoms with Crippen molar-refractivity contribution in [3.8, 4) is 0 Å². The Kier molecular flexibility index (Phi) is 11.7. The Morgan fingerprint density at radius 3 is 2.64 bits per heavy atom. The molecule has 0 amide bonds. The molecule has 0 aliphatic rings. The lowest BCUT2D eigenvalue weighted by atomic mass is 10.6. The highest BCUT2D eigenvalue weighted by Crippen LogP contribution is 1.74. The predicted molar refractivity (Wildman–Crippen MR) is 46.5 cm³/mol. The first-order valence-electron chi connectivity index (χ1n) is 3.21. The van der Waals surface area contributed by atoms with Gasteiger partial charge in [-0.25, -0.2) is 0 Å². The normalized spacial score (nSPS) is 8.55. The Balaban J connectivity index is 0. The first kappa shape index (κ1) is 13.3. The summed E-state index contributed by atoms with van der Waals surface area (Å²) in [5.41, 5.74) is 0. The number of ether oxygens (including phenoxy) is 2. The van der Waals surface area contributed by atoms with E-state index in [1.807, 2.05) is 6.92 Å². The SMILES string of the molecule is CCOC(=N)CNCOC.Cl. The fourth-order valence-electron chi connectivity index (χ4n) is 0.492. The minimum Gasteiger partial charge on any atom is -0.481 e. The first-order valence-corrected chi connectivity index (χ1v) is 3.21. The summed E-state index contributed by atoms with van der Waals surface area (Å²) < 4.78 is 9.56. The van der Waals surface area contributed by atoms with Crippen LogP contribution in [0.15, 0.2) is 0 Å². The second-order valence-corrected chi connectivity index (χ2v) is 1.72. The number of halogens is 1. The molecule has 68 valence electrons. The minimum absolute atomic E-state index is 0. The highest BCUT2D eigenvalue weighted by molar-refractivity contribution is 5.85. The molecule has 0 bridgehead atoms. The van der Waals surface area contributed by atoms with Crippen LogP contribution in [0.2, 0.25) is 0 Å². The zero-order chi connectivity index (χ0) is 7.82. The van der Waals surface area contributed by atoms with Crippen LogP contribution in [0, 0.1) is 5.41 Å². The minimum atomic E-state index is 0. The molecule has 0 aliphatic heterocycles. The monoisotopic (exact) mass is 182 g/mol. The van der Waals surface area contributed by atoms with E-state index >= 15 is 0 Å². The third-order valence-electron chi connectivity index (χ3n) is 0.851. The highest BCUT2D eigenvalue weighted by atomic mass is 35.5. The topological polar surface area (TPSA) is 54.3 Å². The number of nitrogens with one attached hydrogen (secondary N) is 2. The summed E-state index contributed by atoms with van der Waals surface area (Å²) in [6.07, 6.45) is 0. The summed E-state index contributed by atoms with van der Waals surface area (Å²) in [6.45, 7) is 3.29. The smallest absolute Gasteiger partial charge is 0.194 e. The lowest BCUT2D eigenvalue weighted by molar-refractivity contribution is 0.177. The summed E-state index contributed by atoms with van der Waals surface area (Å²) in [4.78, 5) is 0. The van der Waals surface area contributed by atoms with E-state index in [1.54, 1.807) is 7.11 Å². The van der Waals surface area contributed by atoms with Gasteiger partial charge in [0.2, 0.25) is 0 Å². The zero-order valence-corrected chi connectivity index (χ0v) is 7.66. The molecule has 0 radical (unpaired) electrons. The van der Waals surface area contributed by atoms with E-state index in [4.69, 9.17) is 14.9 Å². The van der Waals surface area contributed by atoms with Crippen molar-refractivity contribution in [2.75, 3.05) is 27.0 Å². The number of hydrogen-bond donors (Lipinski definition) is 2. The van der Waals surface area contributed by atoms with E-state index in [1.165, 1.54) is 0 Å². The lowest BCUT2D eigenvalue weighted by Gasteiger charge is -2.04. The van der Waals surface area contributed by atoms with Gasteiger partial charge in [-0.15, -0.1) is 12.4 Å². The molecule has 0 atom stereocenters. The van der Waals surface area contributed by atoms with Gasteiger partial charge < -0.3 is 9.47 Å². The summed E-state index contributed by atoms with van der Waals surface area (Å²) >= 11 is 0. The molecule has 11 heavy (non-hydrogen) atoms. The molecule has 0 aliphatic carbocycles. The molecule has 4 nitrogen and oxygen atoms in total. The van der Waals surface area contributed by atoms with Gasteiger partial charge in [0.1, 0.15) is 0 Å². The quantitative estimate of drug-likeness (QED) is 0.284. The standard InChI is InChI=1S/C6H14N2O2.ClH/c1-3-10-6(7)4-8-5-9-2;/h7-8H,3-5H2,1-2H3;1H. The maximum absolute atomic E-state index is 7.13. The Bertz CT molecular complexity index is 101. The van der Waals surface area contributed by atoms with E-state index in [9.17, 15) is 0 Å². The van der Waals surface area contributed by atoms with Gasteiger partial charge in [0, 0.05) is 7.11 Å². The first-order chi connectivity index (χ1) is 4.81. The van der Waals surface area contributed by atoms with E-state index in [-0.39, 0.29) is 18.3 Å². The Labute approximate surface area is 73.2 Å². The van der Waals surface area contributed by atoms with Gasteiger partial charge >= 0.3 is 0 Å². The maximum atomic E-state index is 7.13. The second-order valence-electron chi connectivity index (χ2n) is 1.72. The molecule has 0 aromatic rings. The van der Waals surface area contributed by atoms with Crippen molar-refractivity contribution in [1.29, 1.82) is 5.41 Å². The summed E-state index contributed by atoms with van der Waals surface area (Å²) in [7, 11) is 1.59. The summed E-state index contributed by atoms with van der Waals surface area (Å²) in [6, 6.07) is 0. The van der Waals surface area contributed by atoms with Gasteiger partial charge in [-0.1, -0.05) is 0 Å². The molecule has 0 unspecified atom stereocenters.